The van der Waals surface area contributed by atoms with Gasteiger partial charge in [0.15, 0.2) is 0 Å². The van der Waals surface area contributed by atoms with Crippen LogP contribution in [0.3, 0.4) is 0 Å². The van der Waals surface area contributed by atoms with Crippen molar-refractivity contribution in [2.45, 2.75) is 26.8 Å². The van der Waals surface area contributed by atoms with Crippen molar-refractivity contribution in [3.63, 3.8) is 0 Å². The number of nitrogens with two attached hydrogens (primary N) is 1. The fourth-order valence-corrected chi connectivity index (χ4v) is 4.34. The number of amides is 2. The predicted octanol–water partition coefficient (Wildman–Crippen LogP) is 2.48. The van der Waals surface area contributed by atoms with Gasteiger partial charge < -0.3 is 15.5 Å². The maximum Gasteiger partial charge on any atom is 0.264 e. The standard InChI is InChI=1S/C19H25N3O2S/c1-12(14(3)20)18(23)21-8-10-22(11-9-21)19(24)17-13(2)15-6-4-5-7-16(15)25-17/h4-7,12,14H,8-11,20H2,1-3H3. The van der Waals surface area contributed by atoms with Crippen molar-refractivity contribution >= 4 is 33.2 Å². The van der Waals surface area contributed by atoms with Crippen molar-refractivity contribution < 1.29 is 9.59 Å². The first-order valence-electron chi connectivity index (χ1n) is 8.72. The molecule has 2 N–H and O–H groups in total. The number of rotatable bonds is 3. The number of piperazine rings is 1. The van der Waals surface area contributed by atoms with E-state index < -0.39 is 0 Å². The molecule has 2 atom stereocenters. The molecule has 2 heterocycles. The van der Waals surface area contributed by atoms with Crippen LogP contribution in [0.5, 0.6) is 0 Å². The van der Waals surface area contributed by atoms with Crippen molar-refractivity contribution in [1.82, 2.24) is 9.80 Å². The Bertz CT molecular complexity index is 791. The van der Waals surface area contributed by atoms with Gasteiger partial charge in [-0.05, 0) is 30.9 Å². The van der Waals surface area contributed by atoms with Crippen LogP contribution in [0.1, 0.15) is 29.1 Å². The number of benzene rings is 1. The van der Waals surface area contributed by atoms with E-state index in [1.165, 1.54) is 0 Å². The highest BCUT2D eigenvalue weighted by Crippen LogP contribution is 2.31. The van der Waals surface area contributed by atoms with E-state index in [0.717, 1.165) is 20.5 Å². The van der Waals surface area contributed by atoms with Crippen LogP contribution < -0.4 is 5.73 Å². The van der Waals surface area contributed by atoms with Crippen LogP contribution in [0.25, 0.3) is 10.1 Å². The summed E-state index contributed by atoms with van der Waals surface area (Å²) in [5, 5.41) is 1.15. The van der Waals surface area contributed by atoms with Crippen molar-refractivity contribution in [2.24, 2.45) is 11.7 Å². The minimum atomic E-state index is -0.188. The van der Waals surface area contributed by atoms with E-state index >= 15 is 0 Å². The number of nitrogens with zero attached hydrogens (tertiary/aromatic N) is 2. The summed E-state index contributed by atoms with van der Waals surface area (Å²) >= 11 is 1.55. The molecule has 6 heteroatoms. The minimum Gasteiger partial charge on any atom is -0.339 e. The van der Waals surface area contributed by atoms with Crippen LogP contribution in [0.2, 0.25) is 0 Å². The first-order valence-corrected chi connectivity index (χ1v) is 9.53. The van der Waals surface area contributed by atoms with E-state index in [4.69, 9.17) is 5.73 Å². The molecule has 2 amide bonds. The summed E-state index contributed by atoms with van der Waals surface area (Å²) in [6.07, 6.45) is 0. The minimum absolute atomic E-state index is 0.0750. The van der Waals surface area contributed by atoms with Gasteiger partial charge in [-0.15, -0.1) is 11.3 Å². The molecule has 0 aliphatic carbocycles. The van der Waals surface area contributed by atoms with Gasteiger partial charge in [0.05, 0.1) is 10.8 Å². The maximum absolute atomic E-state index is 12.9. The summed E-state index contributed by atoms with van der Waals surface area (Å²) < 4.78 is 1.14. The Balaban J connectivity index is 1.69. The fourth-order valence-electron chi connectivity index (χ4n) is 3.16. The highest BCUT2D eigenvalue weighted by molar-refractivity contribution is 7.21. The number of hydrogen-bond donors (Lipinski definition) is 1. The first kappa shape index (κ1) is 17.9. The number of aryl methyl sites for hydroxylation is 1. The molecule has 1 aromatic heterocycles. The average Bonchev–Trinajstić information content (AvgIpc) is 2.97. The van der Waals surface area contributed by atoms with E-state index in [2.05, 4.69) is 12.1 Å². The van der Waals surface area contributed by atoms with Gasteiger partial charge in [-0.1, -0.05) is 25.1 Å². The monoisotopic (exact) mass is 359 g/mol. The molecule has 5 nitrogen and oxygen atoms in total. The molecule has 25 heavy (non-hydrogen) atoms. The van der Waals surface area contributed by atoms with Gasteiger partial charge in [0.25, 0.3) is 5.91 Å². The van der Waals surface area contributed by atoms with Gasteiger partial charge in [-0.2, -0.15) is 0 Å². The molecule has 1 aliphatic rings. The Hall–Kier alpha value is -1.92. The number of hydrogen-bond acceptors (Lipinski definition) is 4. The lowest BCUT2D eigenvalue weighted by Gasteiger charge is -2.36. The first-order chi connectivity index (χ1) is 11.9. The summed E-state index contributed by atoms with van der Waals surface area (Å²) in [5.74, 6) is -0.0294. The fraction of sp³-hybridized carbons (Fsp3) is 0.474. The van der Waals surface area contributed by atoms with E-state index in [0.29, 0.717) is 26.2 Å². The lowest BCUT2D eigenvalue weighted by molar-refractivity contribution is -0.137. The van der Waals surface area contributed by atoms with Crippen LogP contribution in [-0.4, -0.2) is 53.8 Å². The van der Waals surface area contributed by atoms with Crippen molar-refractivity contribution in [1.29, 1.82) is 0 Å². The van der Waals surface area contributed by atoms with Gasteiger partial charge in [-0.3, -0.25) is 9.59 Å². The average molecular weight is 359 g/mol. The van der Waals surface area contributed by atoms with Gasteiger partial charge >= 0.3 is 0 Å². The molecule has 0 saturated carbocycles. The molecule has 1 aliphatic heterocycles. The highest BCUT2D eigenvalue weighted by atomic mass is 32.1. The van der Waals surface area contributed by atoms with Gasteiger partial charge in [-0.25, -0.2) is 0 Å². The third kappa shape index (κ3) is 3.41. The van der Waals surface area contributed by atoms with E-state index in [-0.39, 0.29) is 23.8 Å². The zero-order chi connectivity index (χ0) is 18.1. The zero-order valence-electron chi connectivity index (χ0n) is 15.0. The quantitative estimate of drug-likeness (QED) is 0.915. The van der Waals surface area contributed by atoms with Crippen LogP contribution in [0.4, 0.5) is 0 Å². The molecular weight excluding hydrogens is 334 g/mol. The van der Waals surface area contributed by atoms with Gasteiger partial charge in [0.2, 0.25) is 5.91 Å². The highest BCUT2D eigenvalue weighted by Gasteiger charge is 2.29. The number of carbonyl (C=O) groups is 2. The Morgan fingerprint density at radius 3 is 2.28 bits per heavy atom. The van der Waals surface area contributed by atoms with Gasteiger partial charge in [0, 0.05) is 36.9 Å². The largest absolute Gasteiger partial charge is 0.339 e. The van der Waals surface area contributed by atoms with Crippen LogP contribution in [-0.2, 0) is 4.79 Å². The third-order valence-electron chi connectivity index (χ3n) is 5.09. The molecule has 2 aromatic rings. The topological polar surface area (TPSA) is 66.6 Å². The molecule has 2 unspecified atom stereocenters. The lowest BCUT2D eigenvalue weighted by atomic mass is 10.0. The normalized spacial score (nSPS) is 17.6. The van der Waals surface area contributed by atoms with Crippen LogP contribution in [0, 0.1) is 12.8 Å². The smallest absolute Gasteiger partial charge is 0.264 e. The molecule has 134 valence electrons. The van der Waals surface area contributed by atoms with E-state index in [9.17, 15) is 9.59 Å². The Morgan fingerprint density at radius 2 is 1.68 bits per heavy atom. The summed E-state index contributed by atoms with van der Waals surface area (Å²) in [7, 11) is 0. The third-order valence-corrected chi connectivity index (χ3v) is 6.36. The number of fused-ring (bicyclic) bond motifs is 1. The summed E-state index contributed by atoms with van der Waals surface area (Å²) in [4.78, 5) is 29.8. The van der Waals surface area contributed by atoms with Crippen molar-refractivity contribution in [3.05, 3.63) is 34.7 Å². The van der Waals surface area contributed by atoms with Crippen LogP contribution >= 0.6 is 11.3 Å². The second-order valence-corrected chi connectivity index (χ2v) is 7.87. The zero-order valence-corrected chi connectivity index (χ0v) is 15.8. The predicted molar refractivity (Wildman–Crippen MR) is 102 cm³/mol. The molecule has 1 aromatic carbocycles. The summed E-state index contributed by atoms with van der Waals surface area (Å²) in [6.45, 7) is 8.03. The molecule has 1 saturated heterocycles. The molecular formula is C19H25N3O2S. The second-order valence-electron chi connectivity index (χ2n) is 6.82. The molecule has 3 rings (SSSR count). The maximum atomic E-state index is 12.9. The van der Waals surface area contributed by atoms with Crippen LogP contribution in [0.15, 0.2) is 24.3 Å². The Kier molecular flexibility index (Phi) is 5.11. The second kappa shape index (κ2) is 7.14. The van der Waals surface area contributed by atoms with Crippen molar-refractivity contribution in [3.8, 4) is 0 Å². The molecule has 0 spiro atoms. The molecule has 0 radical (unpaired) electrons. The number of carbonyl (C=O) groups excluding carboxylic acids is 2. The van der Waals surface area contributed by atoms with Gasteiger partial charge in [0.1, 0.15) is 0 Å². The Morgan fingerprint density at radius 1 is 1.08 bits per heavy atom. The molecule has 1 fully saturated rings. The lowest BCUT2D eigenvalue weighted by Crippen LogP contribution is -2.53. The molecule has 0 bridgehead atoms. The Labute approximate surface area is 152 Å². The van der Waals surface area contributed by atoms with E-state index in [1.807, 2.05) is 42.7 Å². The summed E-state index contributed by atoms with van der Waals surface area (Å²) in [5.41, 5.74) is 6.89. The van der Waals surface area contributed by atoms with Crippen molar-refractivity contribution in [2.75, 3.05) is 26.2 Å². The van der Waals surface area contributed by atoms with E-state index in [1.54, 1.807) is 11.3 Å². The summed E-state index contributed by atoms with van der Waals surface area (Å²) in [6, 6.07) is 7.95. The number of thiophene rings is 1. The SMILES string of the molecule is Cc1c(C(=O)N2CCN(C(=O)C(C)C(C)N)CC2)sc2ccccc12.